The van der Waals surface area contributed by atoms with Crippen LogP contribution in [0.4, 0.5) is 5.69 Å². The molecule has 1 aliphatic rings. The fourth-order valence-electron chi connectivity index (χ4n) is 3.20. The Morgan fingerprint density at radius 3 is 2.31 bits per heavy atom. The van der Waals surface area contributed by atoms with Gasteiger partial charge in [0.15, 0.2) is 0 Å². The van der Waals surface area contributed by atoms with Gasteiger partial charge in [0.1, 0.15) is 6.04 Å². The highest BCUT2D eigenvalue weighted by molar-refractivity contribution is 6.33. The summed E-state index contributed by atoms with van der Waals surface area (Å²) in [4.78, 5) is 27.1. The molecule has 2 aromatic carbocycles. The maximum Gasteiger partial charge on any atom is 0.253 e. The van der Waals surface area contributed by atoms with E-state index in [0.717, 1.165) is 37.6 Å². The van der Waals surface area contributed by atoms with Crippen LogP contribution in [0.1, 0.15) is 35.8 Å². The van der Waals surface area contributed by atoms with Gasteiger partial charge in [-0.05, 0) is 43.7 Å². The van der Waals surface area contributed by atoms with Crippen molar-refractivity contribution < 1.29 is 14.3 Å². The molecule has 0 spiro atoms. The Hall–Kier alpha value is -2.57. The molecule has 29 heavy (non-hydrogen) atoms. The minimum absolute atomic E-state index is 0.180. The van der Waals surface area contributed by atoms with Gasteiger partial charge in [0.2, 0.25) is 5.91 Å². The molecule has 0 saturated carbocycles. The standard InChI is InChI=1S/C22H26ClN3O3/c1-15(17-7-9-18(10-8-17)26-11-13-29-14-12-26)24-21(27)16(2)25-22(28)19-5-3-4-6-20(19)23/h3-10,15-16H,11-14H2,1-2H3,(H,24,27)(H,25,28). The minimum atomic E-state index is -0.686. The number of halogens is 1. The number of amides is 2. The fourth-order valence-corrected chi connectivity index (χ4v) is 3.42. The zero-order chi connectivity index (χ0) is 20.8. The predicted octanol–water partition coefficient (Wildman–Crippen LogP) is 3.17. The number of carbonyl (C=O) groups is 2. The quantitative estimate of drug-likeness (QED) is 0.760. The van der Waals surface area contributed by atoms with Crippen molar-refractivity contribution in [1.29, 1.82) is 0 Å². The monoisotopic (exact) mass is 415 g/mol. The van der Waals surface area contributed by atoms with E-state index in [1.165, 1.54) is 0 Å². The molecule has 1 saturated heterocycles. The lowest BCUT2D eigenvalue weighted by Crippen LogP contribution is -2.45. The van der Waals surface area contributed by atoms with E-state index >= 15 is 0 Å². The van der Waals surface area contributed by atoms with E-state index in [1.807, 2.05) is 19.1 Å². The van der Waals surface area contributed by atoms with Crippen molar-refractivity contribution in [2.45, 2.75) is 25.9 Å². The third-order valence-electron chi connectivity index (χ3n) is 4.99. The van der Waals surface area contributed by atoms with Crippen LogP contribution in [0.15, 0.2) is 48.5 Å². The van der Waals surface area contributed by atoms with Gasteiger partial charge in [0.05, 0.1) is 29.8 Å². The molecule has 154 valence electrons. The minimum Gasteiger partial charge on any atom is -0.378 e. The summed E-state index contributed by atoms with van der Waals surface area (Å²) < 4.78 is 5.39. The largest absolute Gasteiger partial charge is 0.378 e. The predicted molar refractivity (Wildman–Crippen MR) is 114 cm³/mol. The second-order valence-electron chi connectivity index (χ2n) is 7.10. The van der Waals surface area contributed by atoms with E-state index in [0.29, 0.717) is 10.6 Å². The molecule has 2 N–H and O–H groups in total. The lowest BCUT2D eigenvalue weighted by Gasteiger charge is -2.29. The normalized spacial score (nSPS) is 16.0. The molecule has 2 aromatic rings. The molecule has 7 heteroatoms. The zero-order valence-corrected chi connectivity index (χ0v) is 17.4. The van der Waals surface area contributed by atoms with Crippen LogP contribution in [0.5, 0.6) is 0 Å². The number of benzene rings is 2. The highest BCUT2D eigenvalue weighted by Gasteiger charge is 2.20. The van der Waals surface area contributed by atoms with Gasteiger partial charge in [0.25, 0.3) is 5.91 Å². The number of anilines is 1. The number of rotatable bonds is 6. The summed E-state index contributed by atoms with van der Waals surface area (Å²) in [5.41, 5.74) is 2.50. The molecule has 0 aliphatic carbocycles. The molecule has 0 bridgehead atoms. The summed E-state index contributed by atoms with van der Waals surface area (Å²) in [6.07, 6.45) is 0. The SMILES string of the molecule is CC(NC(=O)c1ccccc1Cl)C(=O)NC(C)c1ccc(N2CCOCC2)cc1. The number of morpholine rings is 1. The summed E-state index contributed by atoms with van der Waals surface area (Å²) in [6, 6.07) is 14.0. The molecular weight excluding hydrogens is 390 g/mol. The summed E-state index contributed by atoms with van der Waals surface area (Å²) in [7, 11) is 0. The maximum absolute atomic E-state index is 12.5. The van der Waals surface area contributed by atoms with Crippen molar-refractivity contribution in [3.63, 3.8) is 0 Å². The fraction of sp³-hybridized carbons (Fsp3) is 0.364. The van der Waals surface area contributed by atoms with Crippen molar-refractivity contribution in [2.24, 2.45) is 0 Å². The smallest absolute Gasteiger partial charge is 0.253 e. The third-order valence-corrected chi connectivity index (χ3v) is 5.32. The summed E-state index contributed by atoms with van der Waals surface area (Å²) in [5, 5.41) is 5.99. The molecule has 6 nitrogen and oxygen atoms in total. The topological polar surface area (TPSA) is 70.7 Å². The molecule has 1 aliphatic heterocycles. The van der Waals surface area contributed by atoms with Crippen molar-refractivity contribution in [3.8, 4) is 0 Å². The molecule has 3 rings (SSSR count). The molecule has 1 fully saturated rings. The van der Waals surface area contributed by atoms with Crippen LogP contribution in [-0.4, -0.2) is 44.2 Å². The van der Waals surface area contributed by atoms with E-state index in [4.69, 9.17) is 16.3 Å². The van der Waals surface area contributed by atoms with Gasteiger partial charge in [-0.1, -0.05) is 35.9 Å². The zero-order valence-electron chi connectivity index (χ0n) is 16.7. The first-order valence-electron chi connectivity index (χ1n) is 9.74. The van der Waals surface area contributed by atoms with Gasteiger partial charge in [-0.15, -0.1) is 0 Å². The molecule has 1 heterocycles. The number of hydrogen-bond acceptors (Lipinski definition) is 4. The average Bonchev–Trinajstić information content (AvgIpc) is 2.74. The van der Waals surface area contributed by atoms with Crippen LogP contribution < -0.4 is 15.5 Å². The van der Waals surface area contributed by atoms with Crippen molar-refractivity contribution >= 4 is 29.1 Å². The number of nitrogens with zero attached hydrogens (tertiary/aromatic N) is 1. The molecular formula is C22H26ClN3O3. The van der Waals surface area contributed by atoms with E-state index in [1.54, 1.807) is 31.2 Å². The van der Waals surface area contributed by atoms with Gasteiger partial charge < -0.3 is 20.3 Å². The van der Waals surface area contributed by atoms with Crippen LogP contribution in [0, 0.1) is 0 Å². The Kier molecular flexibility index (Phi) is 7.12. The summed E-state index contributed by atoms with van der Waals surface area (Å²) >= 11 is 6.04. The van der Waals surface area contributed by atoms with Gasteiger partial charge in [0, 0.05) is 18.8 Å². The first kappa shape index (κ1) is 21.1. The number of ether oxygens (including phenoxy) is 1. The Balaban J connectivity index is 1.55. The van der Waals surface area contributed by atoms with Crippen LogP contribution in [-0.2, 0) is 9.53 Å². The van der Waals surface area contributed by atoms with Crippen molar-refractivity contribution in [1.82, 2.24) is 10.6 Å². The highest BCUT2D eigenvalue weighted by atomic mass is 35.5. The molecule has 2 amide bonds. The second kappa shape index (κ2) is 9.76. The van der Waals surface area contributed by atoms with Gasteiger partial charge >= 0.3 is 0 Å². The summed E-state index contributed by atoms with van der Waals surface area (Å²) in [6.45, 7) is 6.82. The Labute approximate surface area is 176 Å². The Morgan fingerprint density at radius 1 is 1.00 bits per heavy atom. The third kappa shape index (κ3) is 5.49. The number of hydrogen-bond donors (Lipinski definition) is 2. The van der Waals surface area contributed by atoms with Gasteiger partial charge in [-0.2, -0.15) is 0 Å². The van der Waals surface area contributed by atoms with E-state index in [9.17, 15) is 9.59 Å². The molecule has 2 unspecified atom stereocenters. The molecule has 2 atom stereocenters. The maximum atomic E-state index is 12.5. The second-order valence-corrected chi connectivity index (χ2v) is 7.50. The van der Waals surface area contributed by atoms with Gasteiger partial charge in [-0.25, -0.2) is 0 Å². The Morgan fingerprint density at radius 2 is 1.66 bits per heavy atom. The van der Waals surface area contributed by atoms with Crippen LogP contribution in [0.3, 0.4) is 0 Å². The first-order chi connectivity index (χ1) is 14.0. The molecule has 0 radical (unpaired) electrons. The number of nitrogens with one attached hydrogen (secondary N) is 2. The van der Waals surface area contributed by atoms with Crippen LogP contribution in [0.25, 0.3) is 0 Å². The average molecular weight is 416 g/mol. The number of carbonyl (C=O) groups excluding carboxylic acids is 2. The van der Waals surface area contributed by atoms with E-state index in [-0.39, 0.29) is 17.9 Å². The van der Waals surface area contributed by atoms with E-state index < -0.39 is 6.04 Å². The van der Waals surface area contributed by atoms with Crippen LogP contribution in [0.2, 0.25) is 5.02 Å². The lowest BCUT2D eigenvalue weighted by molar-refractivity contribution is -0.123. The van der Waals surface area contributed by atoms with Gasteiger partial charge in [-0.3, -0.25) is 9.59 Å². The van der Waals surface area contributed by atoms with E-state index in [2.05, 4.69) is 27.7 Å². The van der Waals surface area contributed by atoms with Crippen LogP contribution >= 0.6 is 11.6 Å². The van der Waals surface area contributed by atoms with Crippen molar-refractivity contribution in [3.05, 3.63) is 64.7 Å². The Bertz CT molecular complexity index is 851. The van der Waals surface area contributed by atoms with Crippen molar-refractivity contribution in [2.75, 3.05) is 31.2 Å². The summed E-state index contributed by atoms with van der Waals surface area (Å²) in [5.74, 6) is -0.629. The highest BCUT2D eigenvalue weighted by Crippen LogP contribution is 2.20. The lowest BCUT2D eigenvalue weighted by atomic mass is 10.1. The molecule has 0 aromatic heterocycles. The first-order valence-corrected chi connectivity index (χ1v) is 10.1.